The number of anilines is 9. The molecule has 14 aromatic carbocycles. The third-order valence-electron chi connectivity index (χ3n) is 20.7. The highest BCUT2D eigenvalue weighted by Crippen LogP contribution is 2.54. The molecule has 0 spiro atoms. The summed E-state index contributed by atoms with van der Waals surface area (Å²) in [5.41, 5.74) is 34.7. The van der Waals surface area contributed by atoms with Crippen LogP contribution in [0.25, 0.3) is 125 Å². The second-order valence-corrected chi connectivity index (χ2v) is 26.4. The van der Waals surface area contributed by atoms with Gasteiger partial charge in [-0.25, -0.2) is 19.9 Å². The Morgan fingerprint density at radius 3 is 0.755 bits per heavy atom. The van der Waals surface area contributed by atoms with Crippen LogP contribution < -0.4 is 14.7 Å². The van der Waals surface area contributed by atoms with Crippen LogP contribution in [0.1, 0.15) is 44.9 Å². The van der Waals surface area contributed by atoms with Gasteiger partial charge in [-0.2, -0.15) is 0 Å². The second kappa shape index (κ2) is 24.1. The van der Waals surface area contributed by atoms with Crippen LogP contribution in [0.3, 0.4) is 0 Å². The summed E-state index contributed by atoms with van der Waals surface area (Å²) in [5, 5.41) is 0. The van der Waals surface area contributed by atoms with Crippen molar-refractivity contribution in [1.29, 1.82) is 0 Å². The molecule has 7 nitrogen and oxygen atoms in total. The lowest BCUT2D eigenvalue weighted by molar-refractivity contribution is 0.973. The van der Waals surface area contributed by atoms with E-state index in [1.807, 2.05) is 0 Å². The number of para-hydroxylation sites is 6. The number of rotatable bonds is 8. The smallest absolute Gasteiger partial charge is 0.199 e. The first-order valence-electron chi connectivity index (χ1n) is 34.8. The summed E-state index contributed by atoms with van der Waals surface area (Å²) < 4.78 is 0. The summed E-state index contributed by atoms with van der Waals surface area (Å²) >= 11 is 0. The maximum absolute atomic E-state index is 5.70. The minimum atomic E-state index is 0.00107. The molecule has 0 bridgehead atoms. The molecule has 3 aliphatic heterocycles. The molecule has 1 aliphatic carbocycles. The van der Waals surface area contributed by atoms with E-state index in [-0.39, 0.29) is 5.92 Å². The predicted molar refractivity (Wildman–Crippen MR) is 421 cm³/mol. The van der Waals surface area contributed by atoms with Crippen molar-refractivity contribution >= 4 is 86.8 Å². The molecule has 0 unspecified atom stereocenters. The Morgan fingerprint density at radius 1 is 0.196 bits per heavy atom. The van der Waals surface area contributed by atoms with Crippen LogP contribution in [-0.4, -0.2) is 19.9 Å². The molecule has 5 heterocycles. The highest BCUT2D eigenvalue weighted by Gasteiger charge is 2.31. The van der Waals surface area contributed by atoms with Gasteiger partial charge in [-0.05, 0) is 134 Å². The van der Waals surface area contributed by atoms with E-state index in [0.717, 1.165) is 84.6 Å². The first-order valence-corrected chi connectivity index (χ1v) is 34.8. The van der Waals surface area contributed by atoms with Gasteiger partial charge in [0.1, 0.15) is 0 Å². The van der Waals surface area contributed by atoms with Crippen molar-refractivity contribution in [3.63, 3.8) is 0 Å². The van der Waals surface area contributed by atoms with Crippen molar-refractivity contribution in [2.45, 2.75) is 5.92 Å². The highest BCUT2D eigenvalue weighted by atomic mass is 15.2. The molecule has 0 saturated heterocycles. The lowest BCUT2D eigenvalue weighted by Gasteiger charge is -2.27. The summed E-state index contributed by atoms with van der Waals surface area (Å²) in [5.74, 6) is 0.00107. The van der Waals surface area contributed by atoms with Crippen LogP contribution in [0.5, 0.6) is 0 Å². The van der Waals surface area contributed by atoms with E-state index in [1.165, 1.54) is 72.3 Å². The molecule has 16 aromatic rings. The van der Waals surface area contributed by atoms with Crippen LogP contribution in [0.15, 0.2) is 340 Å². The van der Waals surface area contributed by atoms with Crippen LogP contribution >= 0.6 is 0 Å². The molecule has 0 amide bonds. The number of hydrogen-bond acceptors (Lipinski definition) is 7. The van der Waals surface area contributed by atoms with Gasteiger partial charge < -0.3 is 14.7 Å². The Labute approximate surface area is 591 Å². The van der Waals surface area contributed by atoms with Crippen LogP contribution in [0, 0.1) is 0 Å². The minimum absolute atomic E-state index is 0.00107. The van der Waals surface area contributed by atoms with Gasteiger partial charge in [0.25, 0.3) is 0 Å². The van der Waals surface area contributed by atoms with Gasteiger partial charge in [0, 0.05) is 67.5 Å². The second-order valence-electron chi connectivity index (χ2n) is 26.4. The third kappa shape index (κ3) is 9.73. The quantitative estimate of drug-likeness (QED) is 0.150. The Bertz CT molecular complexity index is 5490. The van der Waals surface area contributed by atoms with Gasteiger partial charge in [-0.3, -0.25) is 0 Å². The summed E-state index contributed by atoms with van der Waals surface area (Å²) in [6, 6.07) is 122. The number of nitrogens with zero attached hydrogens (tertiary/aromatic N) is 7. The summed E-state index contributed by atoms with van der Waals surface area (Å²) in [4.78, 5) is 29.9. The van der Waals surface area contributed by atoms with E-state index < -0.39 is 0 Å². The van der Waals surface area contributed by atoms with E-state index in [1.54, 1.807) is 0 Å². The molecule has 0 atom stereocenters. The number of hydrogen-bond donors (Lipinski definition) is 0. The summed E-state index contributed by atoms with van der Waals surface area (Å²) in [6.45, 7) is 0. The van der Waals surface area contributed by atoms with Crippen molar-refractivity contribution in [2.75, 3.05) is 14.7 Å². The molecule has 7 heteroatoms. The van der Waals surface area contributed by atoms with E-state index in [0.29, 0.717) is 34.1 Å². The lowest BCUT2D eigenvalue weighted by Crippen LogP contribution is -2.11. The molecule has 0 radical (unpaired) electrons. The largest absolute Gasteiger partial charge is 0.309 e. The Hall–Kier alpha value is -13.6. The first-order chi connectivity index (χ1) is 50.6. The normalized spacial score (nSPS) is 12.9. The minimum Gasteiger partial charge on any atom is -0.309 e. The standard InChI is InChI=1S/C95H61N7/c1-5-25-73-61(21-1)41-42-62-22-2-6-26-74(62)89(73)65-45-47-66(48-46-65)90-91(67-49-55-70(56-50-67)100-83-35-15-3-23-63(83)43-44-64-24-4-16-36-84(64)100)97-95-94(96-90)98-92(68-51-57-71(58-52-68)101-85-37-17-11-31-79(85)75-27-7-8-28-76(75)80-32-12-18-38-86(80)101)93(99-95)69-53-59-72(60-54-69)102-87-39-19-13-33-81(87)77-29-9-10-30-78(77)82-34-14-20-40-88(82)102/h1-60,89H. The van der Waals surface area contributed by atoms with Crippen LogP contribution in [0.2, 0.25) is 0 Å². The highest BCUT2D eigenvalue weighted by molar-refractivity contribution is 6.05. The van der Waals surface area contributed by atoms with Gasteiger partial charge in [0.15, 0.2) is 11.3 Å². The van der Waals surface area contributed by atoms with Crippen molar-refractivity contribution in [3.05, 3.63) is 379 Å². The Balaban J connectivity index is 0.772. The average molecular weight is 1300 g/mol. The van der Waals surface area contributed by atoms with Gasteiger partial charge in [-0.1, -0.05) is 291 Å². The number of benzene rings is 14. The monoisotopic (exact) mass is 1300 g/mol. The molecule has 0 saturated carbocycles. The predicted octanol–water partition coefficient (Wildman–Crippen LogP) is 24.9. The zero-order valence-corrected chi connectivity index (χ0v) is 55.3. The van der Waals surface area contributed by atoms with Gasteiger partial charge in [0.2, 0.25) is 0 Å². The molecular formula is C95H61N7. The van der Waals surface area contributed by atoms with E-state index in [4.69, 9.17) is 19.9 Å². The number of fused-ring (bicyclic) bond motifs is 15. The molecule has 102 heavy (non-hydrogen) atoms. The fourth-order valence-electron chi connectivity index (χ4n) is 15.9. The van der Waals surface area contributed by atoms with Gasteiger partial charge in [-0.15, -0.1) is 0 Å². The molecule has 476 valence electrons. The van der Waals surface area contributed by atoms with Crippen molar-refractivity contribution in [2.24, 2.45) is 0 Å². The fourth-order valence-corrected chi connectivity index (χ4v) is 15.9. The summed E-state index contributed by atoms with van der Waals surface area (Å²) in [7, 11) is 0. The van der Waals surface area contributed by atoms with Crippen molar-refractivity contribution < 1.29 is 0 Å². The molecule has 0 fully saturated rings. The van der Waals surface area contributed by atoms with E-state index in [2.05, 4.69) is 379 Å². The fraction of sp³-hybridized carbons (Fsp3) is 0.0105. The van der Waals surface area contributed by atoms with E-state index in [9.17, 15) is 0 Å². The van der Waals surface area contributed by atoms with Crippen molar-refractivity contribution in [3.8, 4) is 89.5 Å². The Morgan fingerprint density at radius 2 is 0.431 bits per heavy atom. The zero-order valence-electron chi connectivity index (χ0n) is 55.3. The first kappa shape index (κ1) is 58.5. The topological polar surface area (TPSA) is 61.3 Å². The lowest BCUT2D eigenvalue weighted by atomic mass is 9.82. The number of aromatic nitrogens is 4. The molecule has 20 rings (SSSR count). The molecule has 2 aromatic heterocycles. The zero-order chi connectivity index (χ0) is 67.2. The average Bonchev–Trinajstić information content (AvgIpc) is 1.70. The maximum Gasteiger partial charge on any atom is 0.199 e. The third-order valence-corrected chi connectivity index (χ3v) is 20.7. The molecular weight excluding hydrogens is 1240 g/mol. The molecule has 0 N–H and O–H groups in total. The van der Waals surface area contributed by atoms with Crippen LogP contribution in [0.4, 0.5) is 51.2 Å². The van der Waals surface area contributed by atoms with Crippen molar-refractivity contribution in [1.82, 2.24) is 19.9 Å². The SMILES string of the molecule is C1=Cc2ccccc2C(c2ccc(-c3nc4nc(-c5ccc(N6c7ccccc7-c7ccccc7-c7ccccc76)cc5)c(-c5ccc(N6c7ccccc7-c7ccccc7-c7ccccc76)cc5)nc4nc3-c3ccc(N4c5ccccc5C=Cc5ccccc54)cc3)cc2)c2ccccc21. The van der Waals surface area contributed by atoms with Gasteiger partial charge in [0.05, 0.1) is 56.9 Å². The van der Waals surface area contributed by atoms with Crippen LogP contribution in [-0.2, 0) is 0 Å². The maximum atomic E-state index is 5.70. The summed E-state index contributed by atoms with van der Waals surface area (Å²) in [6.07, 6.45) is 8.91. The Kier molecular flexibility index (Phi) is 13.8. The van der Waals surface area contributed by atoms with Gasteiger partial charge >= 0.3 is 0 Å². The van der Waals surface area contributed by atoms with E-state index >= 15 is 0 Å². The molecule has 4 aliphatic rings.